The van der Waals surface area contributed by atoms with Gasteiger partial charge in [-0.3, -0.25) is 9.89 Å². The molecule has 0 atom stereocenters. The van der Waals surface area contributed by atoms with E-state index in [0.29, 0.717) is 29.2 Å². The first-order chi connectivity index (χ1) is 14.4. The minimum atomic E-state index is -4.78. The molecule has 0 bridgehead atoms. The van der Waals surface area contributed by atoms with Crippen LogP contribution in [0.15, 0.2) is 42.5 Å². The van der Waals surface area contributed by atoms with Crippen LogP contribution in [0.3, 0.4) is 0 Å². The van der Waals surface area contributed by atoms with E-state index in [1.54, 1.807) is 6.07 Å². The lowest BCUT2D eigenvalue weighted by atomic mass is 10.1. The molecule has 1 aromatic heterocycles. The zero-order valence-electron chi connectivity index (χ0n) is 16.0. The molecule has 0 aliphatic heterocycles. The Hall–Kier alpha value is -3.23. The van der Waals surface area contributed by atoms with E-state index in [2.05, 4.69) is 20.3 Å². The third kappa shape index (κ3) is 4.84. The number of nitrogens with one attached hydrogen (secondary N) is 2. The molecule has 1 aliphatic rings. The maximum Gasteiger partial charge on any atom is 0.573 e. The monoisotopic (exact) mass is 419 g/mol. The highest BCUT2D eigenvalue weighted by molar-refractivity contribution is 6.07. The molecule has 2 N–H and O–H groups in total. The fourth-order valence-corrected chi connectivity index (χ4v) is 3.56. The van der Waals surface area contributed by atoms with Crippen molar-refractivity contribution in [3.05, 3.63) is 48.0 Å². The van der Waals surface area contributed by atoms with Gasteiger partial charge >= 0.3 is 6.36 Å². The molecule has 1 aliphatic carbocycles. The number of carbonyl (C=O) groups is 1. The summed E-state index contributed by atoms with van der Waals surface area (Å²) in [7, 11) is 0. The molecule has 4 rings (SSSR count). The van der Waals surface area contributed by atoms with Crippen molar-refractivity contribution >= 4 is 22.6 Å². The van der Waals surface area contributed by atoms with Gasteiger partial charge < -0.3 is 14.8 Å². The average Bonchev–Trinajstić information content (AvgIpc) is 3.35. The number of fused-ring (bicyclic) bond motifs is 1. The van der Waals surface area contributed by atoms with E-state index < -0.39 is 18.0 Å². The molecule has 0 unspecified atom stereocenters. The normalized spacial score (nSPS) is 14.8. The van der Waals surface area contributed by atoms with Crippen LogP contribution in [0.25, 0.3) is 10.9 Å². The predicted molar refractivity (Wildman–Crippen MR) is 105 cm³/mol. The maximum atomic E-state index is 12.4. The van der Waals surface area contributed by atoms with Gasteiger partial charge in [-0.2, -0.15) is 5.10 Å². The maximum absolute atomic E-state index is 12.4. The van der Waals surface area contributed by atoms with E-state index in [4.69, 9.17) is 4.74 Å². The number of halogens is 3. The molecule has 30 heavy (non-hydrogen) atoms. The molecular formula is C21H20F3N3O3. The van der Waals surface area contributed by atoms with Gasteiger partial charge in [0.1, 0.15) is 11.5 Å². The lowest BCUT2D eigenvalue weighted by Crippen LogP contribution is -2.17. The van der Waals surface area contributed by atoms with Crippen molar-refractivity contribution in [2.24, 2.45) is 5.92 Å². The zero-order chi connectivity index (χ0) is 21.1. The molecule has 9 heteroatoms. The number of amides is 1. The van der Waals surface area contributed by atoms with E-state index >= 15 is 0 Å². The number of rotatable bonds is 6. The molecule has 158 valence electrons. The number of aromatic amines is 1. The molecule has 0 saturated heterocycles. The minimum absolute atomic E-state index is 0.178. The summed E-state index contributed by atoms with van der Waals surface area (Å²) < 4.78 is 46.4. The summed E-state index contributed by atoms with van der Waals surface area (Å²) in [5, 5.41) is 10.3. The van der Waals surface area contributed by atoms with Crippen LogP contribution in [0.4, 0.5) is 19.0 Å². The first kappa shape index (κ1) is 20.1. The summed E-state index contributed by atoms with van der Waals surface area (Å²) in [6, 6.07) is 10.1. The van der Waals surface area contributed by atoms with Gasteiger partial charge in [-0.25, -0.2) is 0 Å². The summed E-state index contributed by atoms with van der Waals surface area (Å²) in [6.45, 7) is 0.692. The van der Waals surface area contributed by atoms with Crippen molar-refractivity contribution in [1.29, 1.82) is 0 Å². The number of aromatic nitrogens is 2. The Balaban J connectivity index is 1.41. The quantitative estimate of drug-likeness (QED) is 0.570. The third-order valence-electron chi connectivity index (χ3n) is 5.08. The summed E-state index contributed by atoms with van der Waals surface area (Å²) in [4.78, 5) is 12.4. The molecule has 1 fully saturated rings. The predicted octanol–water partition coefficient (Wildman–Crippen LogP) is 5.28. The molecule has 1 saturated carbocycles. The van der Waals surface area contributed by atoms with Gasteiger partial charge in [0.05, 0.1) is 12.1 Å². The highest BCUT2D eigenvalue weighted by Gasteiger charge is 2.31. The highest BCUT2D eigenvalue weighted by atomic mass is 19.4. The van der Waals surface area contributed by atoms with Gasteiger partial charge in [-0.1, -0.05) is 12.8 Å². The summed E-state index contributed by atoms with van der Waals surface area (Å²) in [5.74, 6) is 0.771. The second kappa shape index (κ2) is 8.25. The van der Waals surface area contributed by atoms with Crippen molar-refractivity contribution in [2.75, 3.05) is 11.9 Å². The van der Waals surface area contributed by atoms with Crippen LogP contribution in [0.1, 0.15) is 36.0 Å². The fourth-order valence-electron chi connectivity index (χ4n) is 3.56. The number of ether oxygens (including phenoxy) is 2. The number of hydrogen-bond acceptors (Lipinski definition) is 4. The van der Waals surface area contributed by atoms with Gasteiger partial charge in [0.15, 0.2) is 5.82 Å². The van der Waals surface area contributed by atoms with Crippen LogP contribution in [0.5, 0.6) is 11.5 Å². The Morgan fingerprint density at radius 1 is 1.10 bits per heavy atom. The minimum Gasteiger partial charge on any atom is -0.493 e. The number of nitrogens with zero attached hydrogens (tertiary/aromatic N) is 1. The summed E-state index contributed by atoms with van der Waals surface area (Å²) in [5.41, 5.74) is 0.889. The molecule has 0 radical (unpaired) electrons. The second-order valence-electron chi connectivity index (χ2n) is 7.27. The lowest BCUT2D eigenvalue weighted by Gasteiger charge is -2.11. The van der Waals surface area contributed by atoms with Gasteiger partial charge in [0, 0.05) is 17.0 Å². The first-order valence-corrected chi connectivity index (χ1v) is 9.65. The van der Waals surface area contributed by atoms with Crippen molar-refractivity contribution in [3.8, 4) is 11.5 Å². The summed E-state index contributed by atoms with van der Waals surface area (Å²) >= 11 is 0. The molecule has 1 amide bonds. The average molecular weight is 419 g/mol. The van der Waals surface area contributed by atoms with Gasteiger partial charge in [-0.05, 0) is 55.2 Å². The lowest BCUT2D eigenvalue weighted by molar-refractivity contribution is -0.274. The van der Waals surface area contributed by atoms with Crippen LogP contribution >= 0.6 is 0 Å². The standard InChI is InChI=1S/C21H20F3N3O3/c22-21(23,24)30-15-7-5-14(6-8-15)20(28)25-19-17-10-9-16(11-18(17)26-27-19)29-12-13-3-1-2-4-13/h5-11,13H,1-4,12H2,(H2,25,26,27,28). The van der Waals surface area contributed by atoms with E-state index in [0.717, 1.165) is 17.9 Å². The molecule has 6 nitrogen and oxygen atoms in total. The molecule has 0 spiro atoms. The number of hydrogen-bond donors (Lipinski definition) is 2. The Bertz CT molecular complexity index is 1030. The first-order valence-electron chi connectivity index (χ1n) is 9.65. The Kier molecular flexibility index (Phi) is 5.52. The van der Waals surface area contributed by atoms with Crippen LogP contribution in [-0.2, 0) is 0 Å². The van der Waals surface area contributed by atoms with Crippen LogP contribution in [-0.4, -0.2) is 29.1 Å². The molecule has 3 aromatic rings. The molecule has 2 aromatic carbocycles. The Morgan fingerprint density at radius 2 is 1.80 bits per heavy atom. The second-order valence-corrected chi connectivity index (χ2v) is 7.27. The van der Waals surface area contributed by atoms with Gasteiger partial charge in [0.2, 0.25) is 0 Å². The molecule has 1 heterocycles. The van der Waals surface area contributed by atoms with Gasteiger partial charge in [-0.15, -0.1) is 13.2 Å². The van der Waals surface area contributed by atoms with Crippen molar-refractivity contribution in [1.82, 2.24) is 10.2 Å². The van der Waals surface area contributed by atoms with Crippen molar-refractivity contribution in [2.45, 2.75) is 32.0 Å². The highest BCUT2D eigenvalue weighted by Crippen LogP contribution is 2.29. The van der Waals surface area contributed by atoms with Crippen LogP contribution in [0.2, 0.25) is 0 Å². The number of benzene rings is 2. The Labute approximate surface area is 170 Å². The van der Waals surface area contributed by atoms with E-state index in [9.17, 15) is 18.0 Å². The number of carbonyl (C=O) groups excluding carboxylic acids is 1. The summed E-state index contributed by atoms with van der Waals surface area (Å²) in [6.07, 6.45) is 0.137. The smallest absolute Gasteiger partial charge is 0.493 e. The van der Waals surface area contributed by atoms with Crippen molar-refractivity contribution < 1.29 is 27.4 Å². The van der Waals surface area contributed by atoms with Crippen LogP contribution < -0.4 is 14.8 Å². The van der Waals surface area contributed by atoms with E-state index in [1.807, 2.05) is 12.1 Å². The zero-order valence-corrected chi connectivity index (χ0v) is 16.0. The molecular weight excluding hydrogens is 399 g/mol. The number of H-pyrrole nitrogens is 1. The largest absolute Gasteiger partial charge is 0.573 e. The van der Waals surface area contributed by atoms with Gasteiger partial charge in [0.25, 0.3) is 5.91 Å². The van der Waals surface area contributed by atoms with E-state index in [-0.39, 0.29) is 5.56 Å². The fraction of sp³-hybridized carbons (Fsp3) is 0.333. The topological polar surface area (TPSA) is 76.2 Å². The van der Waals surface area contributed by atoms with Crippen molar-refractivity contribution in [3.63, 3.8) is 0 Å². The van der Waals surface area contributed by atoms with E-state index in [1.165, 1.54) is 37.8 Å². The SMILES string of the molecule is O=C(Nc1n[nH]c2cc(OCC3CCCC3)ccc12)c1ccc(OC(F)(F)F)cc1. The third-order valence-corrected chi connectivity index (χ3v) is 5.08. The number of anilines is 1. The number of alkyl halides is 3. The van der Waals surface area contributed by atoms with Crippen LogP contribution in [0, 0.1) is 5.92 Å². The Morgan fingerprint density at radius 3 is 2.50 bits per heavy atom.